The highest BCUT2D eigenvalue weighted by molar-refractivity contribution is 9.10. The highest BCUT2D eigenvalue weighted by atomic mass is 79.9. The number of methoxy groups -OCH3 is 1. The number of hydrogen-bond donors (Lipinski definition) is 1. The Morgan fingerprint density at radius 3 is 2.74 bits per heavy atom. The van der Waals surface area contributed by atoms with Gasteiger partial charge >= 0.3 is 0 Å². The summed E-state index contributed by atoms with van der Waals surface area (Å²) in [5.74, 6) is 1.34. The largest absolute Gasteiger partial charge is 0.497 e. The number of carbonyl (C=O) groups excluding carboxylic acids is 1. The van der Waals surface area contributed by atoms with E-state index in [0.717, 1.165) is 48.1 Å². The van der Waals surface area contributed by atoms with E-state index in [-0.39, 0.29) is 11.3 Å². The zero-order chi connectivity index (χ0) is 23.3. The number of benzene rings is 3. The van der Waals surface area contributed by atoms with E-state index in [2.05, 4.69) is 62.2 Å². The van der Waals surface area contributed by atoms with Crippen LogP contribution in [0.1, 0.15) is 33.6 Å². The van der Waals surface area contributed by atoms with Crippen molar-refractivity contribution in [2.75, 3.05) is 20.2 Å². The molecule has 2 aliphatic rings. The van der Waals surface area contributed by atoms with Crippen molar-refractivity contribution < 1.29 is 9.53 Å². The number of nitrogens with one attached hydrogen (secondary N) is 1. The van der Waals surface area contributed by atoms with Crippen molar-refractivity contribution in [3.8, 4) is 5.75 Å². The fourth-order valence-electron chi connectivity index (χ4n) is 6.19. The number of nitrogens with zero attached hydrogens (tertiary/aromatic N) is 1. The monoisotopic (exact) mass is 514 g/mol. The zero-order valence-corrected chi connectivity index (χ0v) is 20.8. The van der Waals surface area contributed by atoms with Crippen LogP contribution in [0.15, 0.2) is 77.3 Å². The molecule has 4 nitrogen and oxygen atoms in total. The molecule has 1 aliphatic carbocycles. The van der Waals surface area contributed by atoms with Crippen LogP contribution in [-0.4, -0.2) is 36.0 Å². The Morgan fingerprint density at radius 2 is 1.91 bits per heavy atom. The summed E-state index contributed by atoms with van der Waals surface area (Å²) >= 11 is 3.78. The maximum absolute atomic E-state index is 13.4. The average molecular weight is 515 g/mol. The molecule has 2 atom stereocenters. The molecule has 1 fully saturated rings. The number of likely N-dealkylation sites (tertiary alicyclic amines) is 1. The van der Waals surface area contributed by atoms with Gasteiger partial charge in [0, 0.05) is 45.1 Å². The number of fused-ring (bicyclic) bond motifs is 4. The fraction of sp³-hybridized carbons (Fsp3) is 0.276. The highest BCUT2D eigenvalue weighted by Gasteiger charge is 2.49. The van der Waals surface area contributed by atoms with Crippen molar-refractivity contribution in [2.45, 2.75) is 24.7 Å². The van der Waals surface area contributed by atoms with Gasteiger partial charge in [0.05, 0.1) is 7.11 Å². The Balaban J connectivity index is 1.45. The number of piperidine rings is 1. The van der Waals surface area contributed by atoms with Crippen LogP contribution >= 0.6 is 15.9 Å². The molecule has 1 aromatic heterocycles. The van der Waals surface area contributed by atoms with Gasteiger partial charge in [0.1, 0.15) is 5.75 Å². The fourth-order valence-corrected chi connectivity index (χ4v) is 6.79. The van der Waals surface area contributed by atoms with Gasteiger partial charge in [-0.1, -0.05) is 52.3 Å². The predicted octanol–water partition coefficient (Wildman–Crippen LogP) is 6.14. The smallest absolute Gasteiger partial charge is 0.253 e. The minimum atomic E-state index is -0.0393. The van der Waals surface area contributed by atoms with E-state index in [4.69, 9.17) is 4.74 Å². The summed E-state index contributed by atoms with van der Waals surface area (Å²) < 4.78 is 6.72. The third-order valence-electron chi connectivity index (χ3n) is 7.91. The van der Waals surface area contributed by atoms with Gasteiger partial charge in [-0.25, -0.2) is 0 Å². The summed E-state index contributed by atoms with van der Waals surface area (Å²) in [7, 11) is 1.73. The average Bonchev–Trinajstić information content (AvgIpc) is 3.25. The summed E-state index contributed by atoms with van der Waals surface area (Å²) in [4.78, 5) is 19.2. The topological polar surface area (TPSA) is 45.3 Å². The molecule has 0 radical (unpaired) electrons. The normalized spacial score (nSPS) is 21.7. The van der Waals surface area contributed by atoms with Gasteiger partial charge in [0.2, 0.25) is 0 Å². The molecule has 1 N–H and O–H groups in total. The van der Waals surface area contributed by atoms with Gasteiger partial charge in [0.25, 0.3) is 5.91 Å². The van der Waals surface area contributed by atoms with E-state index in [9.17, 15) is 4.79 Å². The van der Waals surface area contributed by atoms with Crippen LogP contribution in [0.2, 0.25) is 0 Å². The molecule has 2 unspecified atom stereocenters. The predicted molar refractivity (Wildman–Crippen MR) is 139 cm³/mol. The molecule has 0 saturated carbocycles. The number of ether oxygens (including phenoxy) is 1. The molecule has 5 heteroatoms. The minimum absolute atomic E-state index is 0.0393. The number of hydrogen-bond acceptors (Lipinski definition) is 2. The quantitative estimate of drug-likeness (QED) is 0.357. The SMILES string of the molecule is COc1cccc(C23CCN(C(=O)c4ccccc4)CC2Cc2c([nH]c4cccc(Br)c24)C3)c1. The minimum Gasteiger partial charge on any atom is -0.497 e. The Morgan fingerprint density at radius 1 is 1.09 bits per heavy atom. The summed E-state index contributed by atoms with van der Waals surface area (Å²) in [6.07, 6.45) is 2.81. The second kappa shape index (κ2) is 8.31. The van der Waals surface area contributed by atoms with E-state index < -0.39 is 0 Å². The lowest BCUT2D eigenvalue weighted by atomic mass is 9.58. The van der Waals surface area contributed by atoms with E-state index >= 15 is 0 Å². The third kappa shape index (κ3) is 3.37. The van der Waals surface area contributed by atoms with Gasteiger partial charge in [-0.05, 0) is 72.7 Å². The van der Waals surface area contributed by atoms with Crippen molar-refractivity contribution in [3.63, 3.8) is 0 Å². The van der Waals surface area contributed by atoms with Gasteiger partial charge in [-0.15, -0.1) is 0 Å². The molecule has 1 saturated heterocycles. The molecule has 4 aromatic rings. The van der Waals surface area contributed by atoms with Gasteiger partial charge < -0.3 is 14.6 Å². The molecular formula is C29H27BrN2O2. The van der Waals surface area contributed by atoms with Crippen LogP contribution in [0.5, 0.6) is 5.75 Å². The van der Waals surface area contributed by atoms with Gasteiger partial charge in [-0.2, -0.15) is 0 Å². The van der Waals surface area contributed by atoms with E-state index in [1.54, 1.807) is 7.11 Å². The first-order valence-electron chi connectivity index (χ1n) is 11.9. The van der Waals surface area contributed by atoms with Crippen LogP contribution in [-0.2, 0) is 18.3 Å². The number of rotatable bonds is 3. The van der Waals surface area contributed by atoms with E-state index in [1.165, 1.54) is 27.7 Å². The molecule has 6 rings (SSSR count). The summed E-state index contributed by atoms with van der Waals surface area (Å²) in [6.45, 7) is 1.50. The van der Waals surface area contributed by atoms with Crippen molar-refractivity contribution in [1.82, 2.24) is 9.88 Å². The zero-order valence-electron chi connectivity index (χ0n) is 19.2. The Bertz CT molecular complexity index is 1380. The molecule has 1 aliphatic heterocycles. The van der Waals surface area contributed by atoms with Crippen LogP contribution in [0, 0.1) is 5.92 Å². The number of aromatic nitrogens is 1. The second-order valence-electron chi connectivity index (χ2n) is 9.58. The van der Waals surface area contributed by atoms with Gasteiger partial charge in [-0.3, -0.25) is 4.79 Å². The van der Waals surface area contributed by atoms with E-state index in [1.807, 2.05) is 36.4 Å². The number of carbonyl (C=O) groups is 1. The van der Waals surface area contributed by atoms with Crippen molar-refractivity contribution in [1.29, 1.82) is 0 Å². The molecule has 1 amide bonds. The van der Waals surface area contributed by atoms with Crippen LogP contribution in [0.3, 0.4) is 0 Å². The van der Waals surface area contributed by atoms with Gasteiger partial charge in [0.15, 0.2) is 0 Å². The first-order chi connectivity index (χ1) is 16.6. The van der Waals surface area contributed by atoms with Crippen molar-refractivity contribution in [2.24, 2.45) is 5.92 Å². The Labute approximate surface area is 208 Å². The molecule has 0 bridgehead atoms. The molecule has 172 valence electrons. The molecule has 0 spiro atoms. The summed E-state index contributed by atoms with van der Waals surface area (Å²) in [5.41, 5.74) is 5.93. The first-order valence-corrected chi connectivity index (χ1v) is 12.6. The highest BCUT2D eigenvalue weighted by Crippen LogP contribution is 2.50. The van der Waals surface area contributed by atoms with Crippen molar-refractivity contribution in [3.05, 3.63) is 99.7 Å². The maximum Gasteiger partial charge on any atom is 0.253 e. The molecular weight excluding hydrogens is 488 g/mol. The molecule has 2 heterocycles. The number of halogens is 1. The number of H-pyrrole nitrogens is 1. The van der Waals surface area contributed by atoms with Crippen molar-refractivity contribution >= 4 is 32.7 Å². The Hall–Kier alpha value is -3.05. The second-order valence-corrected chi connectivity index (χ2v) is 10.4. The number of aromatic amines is 1. The van der Waals surface area contributed by atoms with Crippen LogP contribution in [0.25, 0.3) is 10.9 Å². The molecule has 34 heavy (non-hydrogen) atoms. The van der Waals surface area contributed by atoms with Crippen LogP contribution in [0.4, 0.5) is 0 Å². The van der Waals surface area contributed by atoms with E-state index in [0.29, 0.717) is 5.92 Å². The lowest BCUT2D eigenvalue weighted by Gasteiger charge is -2.51. The Kier molecular flexibility index (Phi) is 5.25. The number of amides is 1. The molecule has 3 aromatic carbocycles. The summed E-state index contributed by atoms with van der Waals surface area (Å²) in [6, 6.07) is 24.6. The maximum atomic E-state index is 13.4. The van der Waals surface area contributed by atoms with Crippen LogP contribution < -0.4 is 4.74 Å². The standard InChI is InChI=1S/C29H27BrN2O2/c1-34-22-10-5-9-20(15-22)29-13-14-32(28(33)19-7-3-2-4-8-19)18-21(29)16-23-26(17-29)31-25-12-6-11-24(30)27(23)25/h2-12,15,21,31H,13-14,16-18H2,1H3. The third-order valence-corrected chi connectivity index (χ3v) is 8.57. The summed E-state index contributed by atoms with van der Waals surface area (Å²) in [5, 5.41) is 1.28. The lowest BCUT2D eigenvalue weighted by Crippen LogP contribution is -2.55. The first kappa shape index (κ1) is 21.5. The lowest BCUT2D eigenvalue weighted by molar-refractivity contribution is 0.0501.